The topological polar surface area (TPSA) is 93.1 Å². The van der Waals surface area contributed by atoms with Crippen LogP contribution in [0, 0.1) is 23.7 Å². The van der Waals surface area contributed by atoms with Crippen molar-refractivity contribution >= 4 is 12.1 Å². The number of hydrogen-bond acceptors (Lipinski definition) is 5. The number of ether oxygens (including phenoxy) is 2. The maximum absolute atomic E-state index is 11.2. The van der Waals surface area contributed by atoms with Gasteiger partial charge < -0.3 is 19.7 Å². The molecule has 0 aromatic carbocycles. The summed E-state index contributed by atoms with van der Waals surface area (Å²) in [6, 6.07) is 0. The van der Waals surface area contributed by atoms with E-state index in [1.807, 2.05) is 0 Å². The van der Waals surface area contributed by atoms with Gasteiger partial charge in [-0.15, -0.1) is 0 Å². The molecular weight excluding hydrogens is 288 g/mol. The molecule has 1 fully saturated rings. The zero-order chi connectivity index (χ0) is 16.4. The second kappa shape index (κ2) is 9.70. The van der Waals surface area contributed by atoms with Gasteiger partial charge in [0.25, 0.3) is 0 Å². The van der Waals surface area contributed by atoms with Crippen LogP contribution in [0.4, 0.5) is 4.79 Å². The average molecular weight is 308 g/mol. The molecular formula is C16H20O6. The summed E-state index contributed by atoms with van der Waals surface area (Å²) in [4.78, 5) is 21.6. The summed E-state index contributed by atoms with van der Waals surface area (Å²) in [7, 11) is 0. The Morgan fingerprint density at radius 3 is 2.64 bits per heavy atom. The highest BCUT2D eigenvalue weighted by atomic mass is 16.8. The highest BCUT2D eigenvalue weighted by Gasteiger charge is 2.40. The van der Waals surface area contributed by atoms with E-state index in [-0.39, 0.29) is 6.42 Å². The van der Waals surface area contributed by atoms with E-state index in [1.165, 1.54) is 0 Å². The molecule has 0 amide bonds. The number of hydrogen-bond donors (Lipinski definition) is 2. The fraction of sp³-hybridized carbons (Fsp3) is 0.625. The summed E-state index contributed by atoms with van der Waals surface area (Å²) >= 11 is 0. The molecule has 2 N–H and O–H groups in total. The van der Waals surface area contributed by atoms with Crippen LogP contribution in [0.3, 0.4) is 0 Å². The van der Waals surface area contributed by atoms with Crippen molar-refractivity contribution in [3.8, 4) is 23.7 Å². The van der Waals surface area contributed by atoms with E-state index in [0.717, 1.165) is 19.3 Å². The lowest BCUT2D eigenvalue weighted by molar-refractivity contribution is -0.137. The summed E-state index contributed by atoms with van der Waals surface area (Å²) in [6.07, 6.45) is 0.439. The van der Waals surface area contributed by atoms with E-state index in [4.69, 9.17) is 14.6 Å². The summed E-state index contributed by atoms with van der Waals surface area (Å²) in [6.45, 7) is 1.63. The van der Waals surface area contributed by atoms with Gasteiger partial charge in [0.2, 0.25) is 0 Å². The van der Waals surface area contributed by atoms with Gasteiger partial charge in [-0.3, -0.25) is 4.79 Å². The number of unbranched alkanes of at least 4 members (excludes halogenated alkanes) is 3. The van der Waals surface area contributed by atoms with Crippen LogP contribution in [0.15, 0.2) is 0 Å². The van der Waals surface area contributed by atoms with Gasteiger partial charge >= 0.3 is 12.1 Å². The molecule has 0 spiro atoms. The van der Waals surface area contributed by atoms with E-state index in [1.54, 1.807) is 6.92 Å². The van der Waals surface area contributed by atoms with Crippen molar-refractivity contribution in [1.29, 1.82) is 0 Å². The van der Waals surface area contributed by atoms with Crippen molar-refractivity contribution in [2.24, 2.45) is 0 Å². The van der Waals surface area contributed by atoms with Crippen molar-refractivity contribution in [1.82, 2.24) is 0 Å². The molecule has 6 heteroatoms. The lowest BCUT2D eigenvalue weighted by Gasteiger charge is -2.16. The van der Waals surface area contributed by atoms with Crippen molar-refractivity contribution < 1.29 is 29.3 Å². The number of carboxylic acid groups (broad SMARTS) is 1. The molecule has 1 aliphatic heterocycles. The van der Waals surface area contributed by atoms with E-state index in [0.29, 0.717) is 12.8 Å². The number of rotatable bonds is 8. The van der Waals surface area contributed by atoms with Gasteiger partial charge in [0.05, 0.1) is 0 Å². The van der Waals surface area contributed by atoms with Crippen LogP contribution < -0.4 is 0 Å². The third-order valence-electron chi connectivity index (χ3n) is 3.19. The van der Waals surface area contributed by atoms with Gasteiger partial charge in [-0.1, -0.05) is 24.7 Å². The Morgan fingerprint density at radius 1 is 1.23 bits per heavy atom. The number of aliphatic carboxylic acids is 1. The van der Waals surface area contributed by atoms with Crippen molar-refractivity contribution in [2.45, 2.75) is 63.8 Å². The first-order chi connectivity index (χ1) is 10.5. The third kappa shape index (κ3) is 6.51. The molecule has 6 nitrogen and oxygen atoms in total. The van der Waals surface area contributed by atoms with E-state index >= 15 is 0 Å². The van der Waals surface area contributed by atoms with Crippen LogP contribution in [0.1, 0.15) is 45.4 Å². The number of aliphatic hydroxyl groups is 1. The second-order valence-corrected chi connectivity index (χ2v) is 4.92. The molecule has 0 bridgehead atoms. The van der Waals surface area contributed by atoms with Gasteiger partial charge in [-0.05, 0) is 38.0 Å². The lowest BCUT2D eigenvalue weighted by Crippen LogP contribution is -2.34. The normalized spacial score (nSPS) is 20.7. The first-order valence-electron chi connectivity index (χ1n) is 7.24. The number of carbonyl (C=O) groups is 2. The van der Waals surface area contributed by atoms with E-state index < -0.39 is 30.4 Å². The summed E-state index contributed by atoms with van der Waals surface area (Å²) < 4.78 is 9.96. The first-order valence-corrected chi connectivity index (χ1v) is 7.24. The van der Waals surface area contributed by atoms with Crippen LogP contribution >= 0.6 is 0 Å². The minimum atomic E-state index is -1.13. The third-order valence-corrected chi connectivity index (χ3v) is 3.19. The molecule has 22 heavy (non-hydrogen) atoms. The largest absolute Gasteiger partial charge is 0.509 e. The number of carbonyl (C=O) groups excluding carboxylic acids is 1. The standard InChI is InChI=1S/C16H20O6/c1-2-3-6-9-12(17)15-13(21-16(20)22-15)10-7-4-5-8-11-14(18)19/h12-13,15,17H,4-5,7-8,10-11H2,1H3,(H,18,19)/t12-,13+,15+/m1/s1. The molecule has 1 saturated heterocycles. The fourth-order valence-electron chi connectivity index (χ4n) is 2.13. The van der Waals surface area contributed by atoms with Gasteiger partial charge in [0.15, 0.2) is 12.2 Å². The quantitative estimate of drug-likeness (QED) is 0.403. The van der Waals surface area contributed by atoms with Crippen molar-refractivity contribution in [3.05, 3.63) is 0 Å². The molecule has 1 aliphatic rings. The Bertz CT molecular complexity index is 504. The number of carboxylic acids is 1. The molecule has 0 aliphatic carbocycles. The van der Waals surface area contributed by atoms with Crippen LogP contribution in [0.2, 0.25) is 0 Å². The Balaban J connectivity index is 2.36. The molecule has 120 valence electrons. The smallest absolute Gasteiger partial charge is 0.481 e. The van der Waals surface area contributed by atoms with E-state index in [2.05, 4.69) is 23.7 Å². The molecule has 1 heterocycles. The minimum absolute atomic E-state index is 0.164. The van der Waals surface area contributed by atoms with Gasteiger partial charge in [0.1, 0.15) is 6.10 Å². The first kappa shape index (κ1) is 17.9. The zero-order valence-corrected chi connectivity index (χ0v) is 12.5. The van der Waals surface area contributed by atoms with Gasteiger partial charge in [-0.25, -0.2) is 4.79 Å². The Hall–Kier alpha value is -2.18. The molecule has 0 unspecified atom stereocenters. The highest BCUT2D eigenvalue weighted by Crippen LogP contribution is 2.23. The maximum Gasteiger partial charge on any atom is 0.509 e. The molecule has 1 rings (SSSR count). The summed E-state index contributed by atoms with van der Waals surface area (Å²) in [5.74, 6) is 9.27. The zero-order valence-electron chi connectivity index (χ0n) is 12.5. The SMILES string of the molecule is CC#CC#C[C@@H](O)[C@@H]1OC(=O)O[C@H]1CCCCCCC(=O)O. The highest BCUT2D eigenvalue weighted by molar-refractivity contribution is 5.66. The van der Waals surface area contributed by atoms with Crippen molar-refractivity contribution in [2.75, 3.05) is 0 Å². The Labute approximate surface area is 129 Å². The van der Waals surface area contributed by atoms with Crippen LogP contribution in [0.5, 0.6) is 0 Å². The number of cyclic esters (lactones) is 2. The monoisotopic (exact) mass is 308 g/mol. The van der Waals surface area contributed by atoms with Gasteiger partial charge in [-0.2, -0.15) is 0 Å². The summed E-state index contributed by atoms with van der Waals surface area (Å²) in [5, 5.41) is 18.4. The average Bonchev–Trinajstić information content (AvgIpc) is 2.83. The fourth-order valence-corrected chi connectivity index (χ4v) is 2.13. The van der Waals surface area contributed by atoms with Gasteiger partial charge in [0, 0.05) is 6.42 Å². The molecule has 0 radical (unpaired) electrons. The minimum Gasteiger partial charge on any atom is -0.481 e. The van der Waals surface area contributed by atoms with Crippen molar-refractivity contribution in [3.63, 3.8) is 0 Å². The molecule has 0 aromatic heterocycles. The lowest BCUT2D eigenvalue weighted by atomic mass is 10.0. The van der Waals surface area contributed by atoms with Crippen LogP contribution in [-0.2, 0) is 14.3 Å². The molecule has 0 aromatic rings. The Kier molecular flexibility index (Phi) is 7.88. The molecule has 3 atom stereocenters. The predicted octanol–water partition coefficient (Wildman–Crippen LogP) is 1.70. The van der Waals surface area contributed by atoms with Crippen LogP contribution in [0.25, 0.3) is 0 Å². The summed E-state index contributed by atoms with van der Waals surface area (Å²) in [5.41, 5.74) is 0. The Morgan fingerprint density at radius 2 is 1.95 bits per heavy atom. The predicted molar refractivity (Wildman–Crippen MR) is 77.7 cm³/mol. The maximum atomic E-state index is 11.2. The molecule has 0 saturated carbocycles. The number of aliphatic hydroxyl groups excluding tert-OH is 1. The van der Waals surface area contributed by atoms with E-state index in [9.17, 15) is 14.7 Å². The second-order valence-electron chi connectivity index (χ2n) is 4.92. The van der Waals surface area contributed by atoms with Crippen LogP contribution in [-0.4, -0.2) is 40.6 Å².